The number of aliphatic hydroxyl groups excluding tert-OH is 1. The smallest absolute Gasteiger partial charge is 0.271 e. The Morgan fingerprint density at radius 2 is 1.53 bits per heavy atom. The van der Waals surface area contributed by atoms with Crippen LogP contribution in [0.3, 0.4) is 0 Å². The van der Waals surface area contributed by atoms with Gasteiger partial charge < -0.3 is 19.9 Å². The van der Waals surface area contributed by atoms with Gasteiger partial charge in [0.2, 0.25) is 0 Å². The summed E-state index contributed by atoms with van der Waals surface area (Å²) in [6, 6.07) is 47.3. The van der Waals surface area contributed by atoms with Crippen LogP contribution < -0.4 is 5.32 Å². The van der Waals surface area contributed by atoms with Crippen LogP contribution in [0.1, 0.15) is 70.1 Å². The Morgan fingerprint density at radius 3 is 2.33 bits per heavy atom. The van der Waals surface area contributed by atoms with Crippen molar-refractivity contribution in [3.05, 3.63) is 179 Å². The lowest BCUT2D eigenvalue weighted by molar-refractivity contribution is -0.253. The van der Waals surface area contributed by atoms with Crippen LogP contribution >= 0.6 is 0 Å². The topological polar surface area (TPSA) is 96.8 Å². The maximum atomic E-state index is 12.9. The molecule has 1 aromatic heterocycles. The molecule has 8 heteroatoms. The van der Waals surface area contributed by atoms with Gasteiger partial charge in [0.05, 0.1) is 36.0 Å². The number of aromatic nitrogens is 2. The Balaban J connectivity index is 0.964. The molecule has 8 rings (SSSR count). The van der Waals surface area contributed by atoms with Gasteiger partial charge in [0.15, 0.2) is 6.29 Å². The molecule has 0 aliphatic carbocycles. The third-order valence-electron chi connectivity index (χ3n) is 10.6. The molecule has 2 heterocycles. The zero-order valence-electron chi connectivity index (χ0n) is 31.0. The first kappa shape index (κ1) is 36.2. The van der Waals surface area contributed by atoms with Gasteiger partial charge in [0.25, 0.3) is 5.91 Å². The highest BCUT2D eigenvalue weighted by atomic mass is 16.7. The summed E-state index contributed by atoms with van der Waals surface area (Å²) >= 11 is 0. The maximum Gasteiger partial charge on any atom is 0.271 e. The zero-order chi connectivity index (χ0) is 37.7. The summed E-state index contributed by atoms with van der Waals surface area (Å²) in [4.78, 5) is 24.1. The minimum absolute atomic E-state index is 0.00201. The van der Waals surface area contributed by atoms with Crippen molar-refractivity contribution in [2.24, 2.45) is 0 Å². The second-order valence-corrected chi connectivity index (χ2v) is 14.3. The average Bonchev–Trinajstić information content (AvgIpc) is 3.25. The summed E-state index contributed by atoms with van der Waals surface area (Å²) in [5, 5.41) is 15.1. The predicted molar refractivity (Wildman–Crippen MR) is 216 cm³/mol. The van der Waals surface area contributed by atoms with Crippen molar-refractivity contribution in [3.8, 4) is 11.1 Å². The van der Waals surface area contributed by atoms with Gasteiger partial charge in [-0.15, -0.1) is 0 Å². The van der Waals surface area contributed by atoms with Crippen LogP contribution in [0, 0.1) is 0 Å². The number of benzene rings is 6. The van der Waals surface area contributed by atoms with Gasteiger partial charge >= 0.3 is 0 Å². The van der Waals surface area contributed by atoms with E-state index >= 15 is 0 Å². The summed E-state index contributed by atoms with van der Waals surface area (Å²) in [6.07, 6.45) is 1.41. The quantitative estimate of drug-likeness (QED) is 0.137. The highest BCUT2D eigenvalue weighted by Gasteiger charge is 2.33. The SMILES string of the molecule is CC(c1ccc2ccccc2c1)N(C)CC1CC(c2ccc(CO)cc2)OC(c2ccc(-c3cccc(CNC(=O)c4cnc5ccccc5n4)c3)cc2)O1. The number of nitrogens with one attached hydrogen (secondary N) is 1. The van der Waals surface area contributed by atoms with E-state index in [1.54, 1.807) is 0 Å². The van der Waals surface area contributed by atoms with Gasteiger partial charge in [0, 0.05) is 31.1 Å². The molecular weight excluding hydrogens is 685 g/mol. The molecule has 0 bridgehead atoms. The zero-order valence-corrected chi connectivity index (χ0v) is 31.0. The lowest BCUT2D eigenvalue weighted by Gasteiger charge is -2.39. The molecule has 1 aliphatic rings. The summed E-state index contributed by atoms with van der Waals surface area (Å²) in [5.41, 5.74) is 8.93. The summed E-state index contributed by atoms with van der Waals surface area (Å²) < 4.78 is 13.4. The Bertz CT molecular complexity index is 2420. The molecule has 0 radical (unpaired) electrons. The first-order valence-electron chi connectivity index (χ1n) is 18.8. The second kappa shape index (κ2) is 16.3. The van der Waals surface area contributed by atoms with E-state index in [-0.39, 0.29) is 36.5 Å². The van der Waals surface area contributed by atoms with Gasteiger partial charge in [0.1, 0.15) is 5.69 Å². The fourth-order valence-electron chi connectivity index (χ4n) is 7.27. The van der Waals surface area contributed by atoms with E-state index in [1.807, 2.05) is 60.7 Å². The number of fused-ring (bicyclic) bond motifs is 2. The number of rotatable bonds is 11. The van der Waals surface area contributed by atoms with Gasteiger partial charge in [-0.1, -0.05) is 115 Å². The standard InChI is InChI=1S/C47H44N4O4/c1-31(38-23-20-34-9-3-4-10-40(34)25-38)51(2)29-41-26-45(36-16-14-32(30-52)15-17-36)55-47(54-41)37-21-18-35(19-22-37)39-11-7-8-33(24-39)27-49-46(53)44-28-48-42-12-5-6-13-43(42)50-44/h3-25,28,31,41,45,47,52H,26-27,29-30H2,1-2H3,(H,49,53). The van der Waals surface area contributed by atoms with Crippen molar-refractivity contribution in [3.63, 3.8) is 0 Å². The molecule has 0 spiro atoms. The molecule has 0 saturated carbocycles. The van der Waals surface area contributed by atoms with Crippen molar-refractivity contribution in [2.75, 3.05) is 13.6 Å². The van der Waals surface area contributed by atoms with Crippen molar-refractivity contribution in [1.82, 2.24) is 20.2 Å². The Labute approximate surface area is 321 Å². The number of likely N-dealkylation sites (N-methyl/N-ethyl adjacent to an activating group) is 1. The van der Waals surface area contributed by atoms with Gasteiger partial charge in [-0.05, 0) is 82.4 Å². The molecule has 1 amide bonds. The maximum absolute atomic E-state index is 12.9. The third-order valence-corrected chi connectivity index (χ3v) is 10.6. The van der Waals surface area contributed by atoms with Crippen molar-refractivity contribution in [2.45, 2.75) is 51.0 Å². The minimum Gasteiger partial charge on any atom is -0.392 e. The third kappa shape index (κ3) is 8.33. The van der Waals surface area contributed by atoms with Crippen LogP contribution in [-0.4, -0.2) is 45.6 Å². The molecule has 7 aromatic rings. The van der Waals surface area contributed by atoms with E-state index in [9.17, 15) is 9.90 Å². The lowest BCUT2D eigenvalue weighted by Crippen LogP contribution is -2.38. The Hall–Kier alpha value is -5.77. The van der Waals surface area contributed by atoms with E-state index in [1.165, 1.54) is 22.5 Å². The van der Waals surface area contributed by atoms with Crippen LogP contribution in [-0.2, 0) is 22.6 Å². The van der Waals surface area contributed by atoms with Crippen molar-refractivity contribution in [1.29, 1.82) is 0 Å². The number of carbonyl (C=O) groups is 1. The molecule has 55 heavy (non-hydrogen) atoms. The lowest BCUT2D eigenvalue weighted by atomic mass is 9.98. The van der Waals surface area contributed by atoms with Crippen LogP contribution in [0.2, 0.25) is 0 Å². The normalized spacial score (nSPS) is 17.7. The van der Waals surface area contributed by atoms with Gasteiger partial charge in [-0.25, -0.2) is 4.98 Å². The predicted octanol–water partition coefficient (Wildman–Crippen LogP) is 9.11. The Kier molecular flexibility index (Phi) is 10.7. The summed E-state index contributed by atoms with van der Waals surface area (Å²) in [6.45, 7) is 3.34. The minimum atomic E-state index is -0.556. The molecule has 2 N–H and O–H groups in total. The van der Waals surface area contributed by atoms with Gasteiger partial charge in [-0.2, -0.15) is 0 Å². The molecule has 1 fully saturated rings. The summed E-state index contributed by atoms with van der Waals surface area (Å²) in [5.74, 6) is -0.268. The first-order valence-corrected chi connectivity index (χ1v) is 18.8. The van der Waals surface area contributed by atoms with E-state index in [4.69, 9.17) is 9.47 Å². The Morgan fingerprint density at radius 1 is 0.782 bits per heavy atom. The molecule has 4 atom stereocenters. The number of aliphatic hydroxyl groups is 1. The fraction of sp³-hybridized carbons (Fsp3) is 0.213. The highest BCUT2D eigenvalue weighted by molar-refractivity contribution is 5.93. The molecular formula is C47H44N4O4. The fourth-order valence-corrected chi connectivity index (χ4v) is 7.27. The number of carbonyl (C=O) groups excluding carboxylic acids is 1. The number of hydrogen-bond acceptors (Lipinski definition) is 7. The second-order valence-electron chi connectivity index (χ2n) is 14.3. The average molecular weight is 729 g/mol. The summed E-state index contributed by atoms with van der Waals surface area (Å²) in [7, 11) is 2.16. The molecule has 4 unspecified atom stereocenters. The van der Waals surface area contributed by atoms with Crippen LogP contribution in [0.5, 0.6) is 0 Å². The van der Waals surface area contributed by atoms with E-state index < -0.39 is 6.29 Å². The monoisotopic (exact) mass is 728 g/mol. The van der Waals surface area contributed by atoms with E-state index in [0.29, 0.717) is 18.5 Å². The van der Waals surface area contributed by atoms with Gasteiger partial charge in [-0.3, -0.25) is 14.7 Å². The number of para-hydroxylation sites is 2. The number of amides is 1. The number of hydrogen-bond donors (Lipinski definition) is 2. The number of ether oxygens (including phenoxy) is 2. The largest absolute Gasteiger partial charge is 0.392 e. The highest BCUT2D eigenvalue weighted by Crippen LogP contribution is 2.39. The molecule has 1 aliphatic heterocycles. The van der Waals surface area contributed by atoms with Crippen molar-refractivity contribution >= 4 is 27.7 Å². The molecule has 6 aromatic carbocycles. The molecule has 8 nitrogen and oxygen atoms in total. The van der Waals surface area contributed by atoms with Crippen molar-refractivity contribution < 1.29 is 19.4 Å². The number of nitrogens with zero attached hydrogens (tertiary/aromatic N) is 3. The molecule has 276 valence electrons. The van der Waals surface area contributed by atoms with Crippen LogP contribution in [0.25, 0.3) is 32.9 Å². The molecule has 1 saturated heterocycles. The van der Waals surface area contributed by atoms with E-state index in [0.717, 1.165) is 45.4 Å². The van der Waals surface area contributed by atoms with Crippen LogP contribution in [0.4, 0.5) is 0 Å². The van der Waals surface area contributed by atoms with E-state index in [2.05, 4.69) is 113 Å². The first-order chi connectivity index (χ1) is 26.9. The van der Waals surface area contributed by atoms with Crippen LogP contribution in [0.15, 0.2) is 146 Å².